The largest absolute Gasteiger partial charge is 0.416 e. The number of likely N-dealkylation sites (tertiary alicyclic amines) is 2. The zero-order valence-electron chi connectivity index (χ0n) is 27.0. The number of carbonyl (C=O) groups excluding carboxylic acids is 2. The molecule has 3 heterocycles. The second-order valence-corrected chi connectivity index (χ2v) is 14.2. The summed E-state index contributed by atoms with van der Waals surface area (Å²) in [5, 5.41) is 3.64. The number of piperidine rings is 2. The van der Waals surface area contributed by atoms with Crippen LogP contribution in [-0.2, 0) is 23.6 Å². The standard InChI is InChI=1S/C36H36Cl2F6N4O2/c37-30-7-6-24(18-31(30)38)17-29-16-23(9-13-47(29)32(49)25-19-26(35(39,40)41)21-27(20-25)36(42,43)44)8-12-46-14-10-34(11-15-46)33(50)45-22-48(34)28-4-2-1-3-5-28/h1-7,18-21,23,29H,8-17,22H2,(H,45,50). The van der Waals surface area contributed by atoms with E-state index >= 15 is 0 Å². The zero-order valence-corrected chi connectivity index (χ0v) is 28.5. The van der Waals surface area contributed by atoms with Crippen LogP contribution in [0.15, 0.2) is 66.7 Å². The average Bonchev–Trinajstić information content (AvgIpc) is 3.39. The predicted molar refractivity (Wildman–Crippen MR) is 179 cm³/mol. The molecular formula is C36H36Cl2F6N4O2. The first kappa shape index (κ1) is 36.3. The quantitative estimate of drug-likeness (QED) is 0.248. The van der Waals surface area contributed by atoms with Crippen LogP contribution >= 0.6 is 23.2 Å². The summed E-state index contributed by atoms with van der Waals surface area (Å²) in [5.74, 6) is -0.707. The number of nitrogens with zero attached hydrogens (tertiary/aromatic N) is 3. The monoisotopic (exact) mass is 740 g/mol. The molecule has 2 unspecified atom stereocenters. The van der Waals surface area contributed by atoms with Crippen molar-refractivity contribution < 1.29 is 35.9 Å². The van der Waals surface area contributed by atoms with E-state index < -0.39 is 46.5 Å². The minimum atomic E-state index is -5.07. The maximum atomic E-state index is 13.8. The Morgan fingerprint density at radius 2 is 1.52 bits per heavy atom. The molecule has 2 amide bonds. The molecule has 3 aromatic carbocycles. The molecule has 50 heavy (non-hydrogen) atoms. The first-order valence-corrected chi connectivity index (χ1v) is 17.3. The van der Waals surface area contributed by atoms with Crippen LogP contribution < -0.4 is 10.2 Å². The van der Waals surface area contributed by atoms with Gasteiger partial charge in [0.1, 0.15) is 5.54 Å². The number of rotatable bonds is 7. The number of benzene rings is 3. The molecule has 3 aliphatic rings. The number of hydrogen-bond acceptors (Lipinski definition) is 4. The minimum absolute atomic E-state index is 0.0248. The van der Waals surface area contributed by atoms with Crippen molar-refractivity contribution in [1.82, 2.24) is 15.1 Å². The van der Waals surface area contributed by atoms with Crippen molar-refractivity contribution in [2.45, 2.75) is 62.5 Å². The van der Waals surface area contributed by atoms with E-state index in [2.05, 4.69) is 15.1 Å². The topological polar surface area (TPSA) is 55.9 Å². The lowest BCUT2D eigenvalue weighted by molar-refractivity contribution is -0.143. The highest BCUT2D eigenvalue weighted by Crippen LogP contribution is 2.39. The molecule has 0 radical (unpaired) electrons. The van der Waals surface area contributed by atoms with Crippen LogP contribution in [0.2, 0.25) is 10.0 Å². The summed E-state index contributed by atoms with van der Waals surface area (Å²) < 4.78 is 81.8. The number of nitrogens with one attached hydrogen (secondary N) is 1. The van der Waals surface area contributed by atoms with Crippen LogP contribution in [0.1, 0.15) is 59.2 Å². The Bertz CT molecular complexity index is 1680. The second-order valence-electron chi connectivity index (χ2n) is 13.4. The molecule has 6 nitrogen and oxygen atoms in total. The first-order valence-electron chi connectivity index (χ1n) is 16.5. The van der Waals surface area contributed by atoms with Gasteiger partial charge in [-0.1, -0.05) is 47.5 Å². The molecule has 0 bridgehead atoms. The van der Waals surface area contributed by atoms with Crippen molar-refractivity contribution in [2.75, 3.05) is 37.7 Å². The van der Waals surface area contributed by atoms with Gasteiger partial charge >= 0.3 is 12.4 Å². The molecule has 0 saturated carbocycles. The Morgan fingerprint density at radius 1 is 0.860 bits per heavy atom. The fraction of sp³-hybridized carbons (Fsp3) is 0.444. The fourth-order valence-electron chi connectivity index (χ4n) is 7.58. The number of anilines is 1. The van der Waals surface area contributed by atoms with Crippen molar-refractivity contribution in [3.63, 3.8) is 0 Å². The Hall–Kier alpha value is -3.48. The number of hydrogen-bond donors (Lipinski definition) is 1. The SMILES string of the molecule is O=C(c1cc(C(F)(F)F)cc(C(F)(F)F)c1)N1CCC(CCN2CCC3(CC2)C(=O)NCN3c2ccccc2)CC1Cc1ccc(Cl)c(Cl)c1. The third-order valence-corrected chi connectivity index (χ3v) is 11.1. The van der Waals surface area contributed by atoms with Crippen LogP contribution in [0.3, 0.4) is 0 Å². The van der Waals surface area contributed by atoms with Crippen LogP contribution in [0, 0.1) is 5.92 Å². The van der Waals surface area contributed by atoms with Crippen LogP contribution in [0.25, 0.3) is 0 Å². The summed E-state index contributed by atoms with van der Waals surface area (Å²) in [5.41, 5.74) is -2.60. The van der Waals surface area contributed by atoms with E-state index in [1.807, 2.05) is 30.3 Å². The highest BCUT2D eigenvalue weighted by molar-refractivity contribution is 6.42. The number of carbonyl (C=O) groups is 2. The molecule has 3 aliphatic heterocycles. The maximum absolute atomic E-state index is 13.8. The van der Waals surface area contributed by atoms with Crippen LogP contribution in [0.4, 0.5) is 32.0 Å². The van der Waals surface area contributed by atoms with Gasteiger partial charge < -0.3 is 20.0 Å². The van der Waals surface area contributed by atoms with Crippen molar-refractivity contribution in [2.24, 2.45) is 5.92 Å². The molecule has 3 fully saturated rings. The molecule has 3 saturated heterocycles. The van der Waals surface area contributed by atoms with E-state index in [9.17, 15) is 35.9 Å². The third-order valence-electron chi connectivity index (χ3n) is 10.3. The molecule has 6 rings (SSSR count). The van der Waals surface area contributed by atoms with Gasteiger partial charge in [-0.25, -0.2) is 0 Å². The highest BCUT2D eigenvalue weighted by atomic mass is 35.5. The molecule has 2 atom stereocenters. The van der Waals surface area contributed by atoms with E-state index in [1.165, 1.54) is 4.90 Å². The Balaban J connectivity index is 1.16. The number of amides is 2. The van der Waals surface area contributed by atoms with Crippen LogP contribution in [-0.4, -0.2) is 66.0 Å². The van der Waals surface area contributed by atoms with Gasteiger partial charge in [0.2, 0.25) is 5.91 Å². The summed E-state index contributed by atoms with van der Waals surface area (Å²) in [6, 6.07) is 15.4. The zero-order chi connectivity index (χ0) is 35.8. The summed E-state index contributed by atoms with van der Waals surface area (Å²) in [6.07, 6.45) is -6.70. The normalized spacial score (nSPS) is 21.5. The lowest BCUT2D eigenvalue weighted by Crippen LogP contribution is -2.56. The van der Waals surface area contributed by atoms with Gasteiger partial charge in [-0.3, -0.25) is 9.59 Å². The van der Waals surface area contributed by atoms with Gasteiger partial charge in [0.25, 0.3) is 5.91 Å². The smallest absolute Gasteiger partial charge is 0.339 e. The van der Waals surface area contributed by atoms with Crippen molar-refractivity contribution in [3.05, 3.63) is 99.0 Å². The maximum Gasteiger partial charge on any atom is 0.416 e. The minimum Gasteiger partial charge on any atom is -0.339 e. The molecule has 1 N–H and O–H groups in total. The van der Waals surface area contributed by atoms with Crippen LogP contribution in [0.5, 0.6) is 0 Å². The number of halogens is 8. The summed E-state index contributed by atoms with van der Waals surface area (Å²) in [4.78, 5) is 32.7. The molecule has 268 valence electrons. The molecular weight excluding hydrogens is 705 g/mol. The Labute approximate surface area is 296 Å². The molecule has 14 heteroatoms. The fourth-order valence-corrected chi connectivity index (χ4v) is 7.91. The van der Waals surface area contributed by atoms with E-state index in [4.69, 9.17) is 23.2 Å². The summed E-state index contributed by atoms with van der Waals surface area (Å²) in [6.45, 7) is 2.82. The first-order chi connectivity index (χ1) is 23.6. The average molecular weight is 742 g/mol. The van der Waals surface area contributed by atoms with E-state index in [0.717, 1.165) is 37.3 Å². The van der Waals surface area contributed by atoms with Crippen molar-refractivity contribution in [3.8, 4) is 0 Å². The Morgan fingerprint density at radius 3 is 2.14 bits per heavy atom. The van der Waals surface area contributed by atoms with Gasteiger partial charge in [0, 0.05) is 36.9 Å². The predicted octanol–water partition coefficient (Wildman–Crippen LogP) is 8.31. The van der Waals surface area contributed by atoms with Gasteiger partial charge in [-0.2, -0.15) is 26.3 Å². The third kappa shape index (κ3) is 7.72. The lowest BCUT2D eigenvalue weighted by Gasteiger charge is -2.44. The lowest BCUT2D eigenvalue weighted by atomic mass is 9.83. The Kier molecular flexibility index (Phi) is 10.4. The molecule has 1 spiro atoms. The van der Waals surface area contributed by atoms with Crippen molar-refractivity contribution in [1.29, 1.82) is 0 Å². The second kappa shape index (κ2) is 14.3. The van der Waals surface area contributed by atoms with Gasteiger partial charge in [0.15, 0.2) is 0 Å². The molecule has 3 aromatic rings. The number of alkyl halides is 6. The molecule has 0 aliphatic carbocycles. The summed E-state index contributed by atoms with van der Waals surface area (Å²) in [7, 11) is 0. The number of para-hydroxylation sites is 1. The van der Waals surface area contributed by atoms with Crippen molar-refractivity contribution >= 4 is 40.7 Å². The van der Waals surface area contributed by atoms with E-state index in [-0.39, 0.29) is 24.4 Å². The molecule has 0 aromatic heterocycles. The highest BCUT2D eigenvalue weighted by Gasteiger charge is 2.50. The van der Waals surface area contributed by atoms with Gasteiger partial charge in [0.05, 0.1) is 27.8 Å². The van der Waals surface area contributed by atoms with Gasteiger partial charge in [-0.05, 0) is 99.0 Å². The van der Waals surface area contributed by atoms with Gasteiger partial charge in [-0.15, -0.1) is 0 Å². The summed E-state index contributed by atoms with van der Waals surface area (Å²) >= 11 is 12.4. The van der Waals surface area contributed by atoms with E-state index in [1.54, 1.807) is 18.2 Å². The van der Waals surface area contributed by atoms with E-state index in [0.29, 0.717) is 61.0 Å².